The van der Waals surface area contributed by atoms with Crippen molar-refractivity contribution in [3.8, 4) is 5.75 Å². The molecule has 0 aliphatic carbocycles. The summed E-state index contributed by atoms with van der Waals surface area (Å²) < 4.78 is 10.3. The Morgan fingerprint density at radius 1 is 1.39 bits per heavy atom. The number of carbonyl (C=O) groups is 1. The van der Waals surface area contributed by atoms with Crippen molar-refractivity contribution in [2.24, 2.45) is 0 Å². The molecular weight excluding hydrogens is 232 g/mol. The lowest BCUT2D eigenvalue weighted by molar-refractivity contribution is -0.145. The summed E-state index contributed by atoms with van der Waals surface area (Å²) in [5.41, 5.74) is 0.664. The maximum Gasteiger partial charge on any atom is 0.308 e. The molecule has 0 aliphatic heterocycles. The molecule has 0 saturated carbocycles. The Bertz CT molecular complexity index is 376. The lowest BCUT2D eigenvalue weighted by Crippen LogP contribution is -2.10. The molecule has 0 aliphatic rings. The van der Waals surface area contributed by atoms with Crippen molar-refractivity contribution in [3.05, 3.63) is 29.8 Å². The van der Waals surface area contributed by atoms with Gasteiger partial charge in [0.2, 0.25) is 0 Å². The van der Waals surface area contributed by atoms with Crippen molar-refractivity contribution in [1.29, 1.82) is 0 Å². The Labute approximate surface area is 108 Å². The van der Waals surface area contributed by atoms with E-state index in [1.807, 2.05) is 13.0 Å². The van der Waals surface area contributed by atoms with E-state index < -0.39 is 12.1 Å². The molecule has 0 spiro atoms. The van der Waals surface area contributed by atoms with Gasteiger partial charge in [0, 0.05) is 0 Å². The van der Waals surface area contributed by atoms with E-state index in [0.717, 1.165) is 6.42 Å². The van der Waals surface area contributed by atoms with Crippen LogP contribution in [-0.2, 0) is 9.53 Å². The summed E-state index contributed by atoms with van der Waals surface area (Å²) in [5, 5.41) is 9.91. The Kier molecular flexibility index (Phi) is 6.22. The summed E-state index contributed by atoms with van der Waals surface area (Å²) in [7, 11) is 0. The molecule has 0 heterocycles. The minimum absolute atomic E-state index is 0.0366. The van der Waals surface area contributed by atoms with Gasteiger partial charge in [-0.3, -0.25) is 4.79 Å². The van der Waals surface area contributed by atoms with E-state index in [2.05, 4.69) is 0 Å². The number of benzene rings is 1. The fraction of sp³-hybridized carbons (Fsp3) is 0.500. The maximum absolute atomic E-state index is 11.3. The largest absolute Gasteiger partial charge is 0.494 e. The van der Waals surface area contributed by atoms with Gasteiger partial charge >= 0.3 is 5.97 Å². The number of aliphatic hydroxyl groups excluding tert-OH is 1. The van der Waals surface area contributed by atoms with E-state index >= 15 is 0 Å². The van der Waals surface area contributed by atoms with Gasteiger partial charge in [-0.1, -0.05) is 19.1 Å². The van der Waals surface area contributed by atoms with Gasteiger partial charge in [-0.15, -0.1) is 0 Å². The van der Waals surface area contributed by atoms with E-state index in [-0.39, 0.29) is 6.42 Å². The van der Waals surface area contributed by atoms with Crippen LogP contribution >= 0.6 is 0 Å². The molecule has 1 N–H and O–H groups in total. The topological polar surface area (TPSA) is 55.8 Å². The Morgan fingerprint density at radius 3 is 2.83 bits per heavy atom. The third-order valence-corrected chi connectivity index (χ3v) is 2.38. The van der Waals surface area contributed by atoms with Crippen molar-refractivity contribution in [2.45, 2.75) is 32.8 Å². The number of esters is 1. The number of carbonyl (C=O) groups excluding carboxylic acids is 1. The summed E-state index contributed by atoms with van der Waals surface area (Å²) >= 11 is 0. The molecule has 0 radical (unpaired) electrons. The average molecular weight is 252 g/mol. The SMILES string of the molecule is CCCOc1cccc(C(O)CC(=O)OCC)c1. The van der Waals surface area contributed by atoms with Gasteiger partial charge in [0.15, 0.2) is 0 Å². The monoisotopic (exact) mass is 252 g/mol. The van der Waals surface area contributed by atoms with Crippen LogP contribution in [0.2, 0.25) is 0 Å². The molecule has 18 heavy (non-hydrogen) atoms. The van der Waals surface area contributed by atoms with Gasteiger partial charge in [-0.25, -0.2) is 0 Å². The van der Waals surface area contributed by atoms with Crippen LogP contribution in [-0.4, -0.2) is 24.3 Å². The molecule has 1 unspecified atom stereocenters. The quantitative estimate of drug-likeness (QED) is 0.757. The molecular formula is C14H20O4. The zero-order valence-corrected chi connectivity index (χ0v) is 10.9. The molecule has 0 fully saturated rings. The predicted octanol–water partition coefficient (Wildman–Crippen LogP) is 2.46. The molecule has 0 saturated heterocycles. The van der Waals surface area contributed by atoms with E-state index in [9.17, 15) is 9.90 Å². The molecule has 1 rings (SSSR count). The second-order valence-corrected chi connectivity index (χ2v) is 3.95. The van der Waals surface area contributed by atoms with Crippen molar-refractivity contribution in [2.75, 3.05) is 13.2 Å². The lowest BCUT2D eigenvalue weighted by Gasteiger charge is -2.12. The number of rotatable bonds is 7. The average Bonchev–Trinajstić information content (AvgIpc) is 2.37. The van der Waals surface area contributed by atoms with Crippen LogP contribution in [0.1, 0.15) is 38.4 Å². The Morgan fingerprint density at radius 2 is 2.17 bits per heavy atom. The fourth-order valence-corrected chi connectivity index (χ4v) is 1.53. The fourth-order valence-electron chi connectivity index (χ4n) is 1.53. The number of aliphatic hydroxyl groups is 1. The van der Waals surface area contributed by atoms with Crippen molar-refractivity contribution in [3.63, 3.8) is 0 Å². The summed E-state index contributed by atoms with van der Waals surface area (Å²) in [5.74, 6) is 0.308. The summed E-state index contributed by atoms with van der Waals surface area (Å²) in [6, 6.07) is 7.15. The highest BCUT2D eigenvalue weighted by Crippen LogP contribution is 2.22. The first-order valence-electron chi connectivity index (χ1n) is 6.23. The Hall–Kier alpha value is -1.55. The Balaban J connectivity index is 2.61. The molecule has 0 bridgehead atoms. The van der Waals surface area contributed by atoms with Crippen LogP contribution in [0, 0.1) is 0 Å². The molecule has 4 nitrogen and oxygen atoms in total. The highest BCUT2D eigenvalue weighted by molar-refractivity contribution is 5.70. The first kappa shape index (κ1) is 14.5. The highest BCUT2D eigenvalue weighted by Gasteiger charge is 2.14. The van der Waals surface area contributed by atoms with Crippen LogP contribution in [0.25, 0.3) is 0 Å². The van der Waals surface area contributed by atoms with Gasteiger partial charge in [-0.2, -0.15) is 0 Å². The van der Waals surface area contributed by atoms with Crippen LogP contribution in [0.15, 0.2) is 24.3 Å². The van der Waals surface area contributed by atoms with Gasteiger partial charge in [-0.05, 0) is 31.0 Å². The molecule has 0 aromatic heterocycles. The third kappa shape index (κ3) is 4.75. The maximum atomic E-state index is 11.3. The van der Waals surface area contributed by atoms with Crippen LogP contribution < -0.4 is 4.74 Å². The first-order valence-corrected chi connectivity index (χ1v) is 6.23. The number of hydrogen-bond donors (Lipinski definition) is 1. The van der Waals surface area contributed by atoms with E-state index in [4.69, 9.17) is 9.47 Å². The van der Waals surface area contributed by atoms with Crippen molar-refractivity contribution in [1.82, 2.24) is 0 Å². The van der Waals surface area contributed by atoms with E-state index in [1.54, 1.807) is 25.1 Å². The van der Waals surface area contributed by atoms with E-state index in [1.165, 1.54) is 0 Å². The zero-order valence-electron chi connectivity index (χ0n) is 10.9. The molecule has 4 heteroatoms. The summed E-state index contributed by atoms with van der Waals surface area (Å²) in [6.07, 6.45) is 0.0370. The molecule has 100 valence electrons. The normalized spacial score (nSPS) is 11.9. The van der Waals surface area contributed by atoms with Crippen molar-refractivity contribution < 1.29 is 19.4 Å². The van der Waals surface area contributed by atoms with Gasteiger partial charge in [0.25, 0.3) is 0 Å². The van der Waals surface area contributed by atoms with Crippen LogP contribution in [0.5, 0.6) is 5.75 Å². The predicted molar refractivity (Wildman–Crippen MR) is 68.4 cm³/mol. The molecule has 1 aromatic rings. The van der Waals surface area contributed by atoms with Crippen LogP contribution in [0.3, 0.4) is 0 Å². The summed E-state index contributed by atoms with van der Waals surface area (Å²) in [6.45, 7) is 4.73. The van der Waals surface area contributed by atoms with Gasteiger partial charge in [0.05, 0.1) is 25.7 Å². The first-order chi connectivity index (χ1) is 8.67. The highest BCUT2D eigenvalue weighted by atomic mass is 16.5. The second kappa shape index (κ2) is 7.71. The molecule has 1 atom stereocenters. The number of hydrogen-bond acceptors (Lipinski definition) is 4. The van der Waals surface area contributed by atoms with Crippen molar-refractivity contribution >= 4 is 5.97 Å². The second-order valence-electron chi connectivity index (χ2n) is 3.95. The third-order valence-electron chi connectivity index (χ3n) is 2.38. The van der Waals surface area contributed by atoms with Crippen LogP contribution in [0.4, 0.5) is 0 Å². The van der Waals surface area contributed by atoms with E-state index in [0.29, 0.717) is 24.5 Å². The number of ether oxygens (including phenoxy) is 2. The van der Waals surface area contributed by atoms with Gasteiger partial charge < -0.3 is 14.6 Å². The lowest BCUT2D eigenvalue weighted by atomic mass is 10.1. The molecule has 0 amide bonds. The van der Waals surface area contributed by atoms with Gasteiger partial charge in [0.1, 0.15) is 5.75 Å². The zero-order chi connectivity index (χ0) is 13.4. The summed E-state index contributed by atoms with van der Waals surface area (Å²) in [4.78, 5) is 11.3. The minimum atomic E-state index is -0.853. The smallest absolute Gasteiger partial charge is 0.308 e. The molecule has 1 aromatic carbocycles. The standard InChI is InChI=1S/C14H20O4/c1-3-8-18-12-7-5-6-11(9-12)13(15)10-14(16)17-4-2/h5-7,9,13,15H,3-4,8,10H2,1-2H3. The minimum Gasteiger partial charge on any atom is -0.494 e.